The molecule has 0 saturated carbocycles. The molecule has 1 aliphatic rings. The molecule has 0 fully saturated rings. The zero-order valence-electron chi connectivity index (χ0n) is 9.99. The Hall–Kier alpha value is -0.800. The van der Waals surface area contributed by atoms with E-state index >= 15 is 0 Å². The van der Waals surface area contributed by atoms with Crippen LogP contribution >= 0.6 is 12.4 Å². The summed E-state index contributed by atoms with van der Waals surface area (Å²) in [4.78, 5) is 6.94. The zero-order valence-corrected chi connectivity index (χ0v) is 10.8. The second-order valence-corrected chi connectivity index (χ2v) is 4.12. The van der Waals surface area contributed by atoms with Crippen LogP contribution in [0.3, 0.4) is 0 Å². The van der Waals surface area contributed by atoms with Crippen molar-refractivity contribution in [3.63, 3.8) is 0 Å². The highest BCUT2D eigenvalue weighted by molar-refractivity contribution is 5.85. The van der Waals surface area contributed by atoms with E-state index in [1.165, 1.54) is 11.3 Å². The molecular weight excluding hydrogens is 222 g/mol. The Morgan fingerprint density at radius 2 is 2.25 bits per heavy atom. The SMILES string of the molecule is CCCN(C)c1ccc2c(n1)CCNC2.Cl. The van der Waals surface area contributed by atoms with Crippen LogP contribution in [0, 0.1) is 0 Å². The second-order valence-electron chi connectivity index (χ2n) is 4.12. The van der Waals surface area contributed by atoms with Gasteiger partial charge in [-0.15, -0.1) is 12.4 Å². The Balaban J connectivity index is 0.00000128. The number of hydrogen-bond acceptors (Lipinski definition) is 3. The van der Waals surface area contributed by atoms with Gasteiger partial charge in [-0.1, -0.05) is 13.0 Å². The van der Waals surface area contributed by atoms with Gasteiger partial charge in [-0.05, 0) is 18.1 Å². The summed E-state index contributed by atoms with van der Waals surface area (Å²) in [6.45, 7) is 5.30. The minimum absolute atomic E-state index is 0. The largest absolute Gasteiger partial charge is 0.360 e. The number of pyridine rings is 1. The van der Waals surface area contributed by atoms with E-state index in [0.717, 1.165) is 38.3 Å². The van der Waals surface area contributed by atoms with Gasteiger partial charge in [-0.2, -0.15) is 0 Å². The van der Waals surface area contributed by atoms with Crippen molar-refractivity contribution < 1.29 is 0 Å². The Morgan fingerprint density at radius 3 is 3.00 bits per heavy atom. The van der Waals surface area contributed by atoms with Crippen LogP contribution in [-0.4, -0.2) is 25.1 Å². The second kappa shape index (κ2) is 6.06. The smallest absolute Gasteiger partial charge is 0.128 e. The lowest BCUT2D eigenvalue weighted by molar-refractivity contribution is 0.629. The predicted octanol–water partition coefficient (Wildman–Crippen LogP) is 2.00. The maximum atomic E-state index is 4.72. The number of anilines is 1. The van der Waals surface area contributed by atoms with Crippen LogP contribution in [0.25, 0.3) is 0 Å². The molecule has 0 saturated heterocycles. The molecule has 2 heterocycles. The van der Waals surface area contributed by atoms with Gasteiger partial charge in [0.25, 0.3) is 0 Å². The molecule has 0 bridgehead atoms. The third-order valence-electron chi connectivity index (χ3n) is 2.86. The van der Waals surface area contributed by atoms with E-state index in [1.807, 2.05) is 0 Å². The molecule has 0 amide bonds. The molecule has 90 valence electrons. The molecule has 16 heavy (non-hydrogen) atoms. The fraction of sp³-hybridized carbons (Fsp3) is 0.583. The molecule has 2 rings (SSSR count). The highest BCUT2D eigenvalue weighted by Gasteiger charge is 2.11. The lowest BCUT2D eigenvalue weighted by Gasteiger charge is -2.21. The van der Waals surface area contributed by atoms with Crippen molar-refractivity contribution in [2.75, 3.05) is 25.0 Å². The first-order chi connectivity index (χ1) is 7.31. The molecular formula is C12H20ClN3. The number of nitrogens with one attached hydrogen (secondary N) is 1. The van der Waals surface area contributed by atoms with E-state index in [1.54, 1.807) is 0 Å². The van der Waals surface area contributed by atoms with Gasteiger partial charge in [-0.25, -0.2) is 4.98 Å². The Bertz CT molecular complexity index is 341. The van der Waals surface area contributed by atoms with Crippen LogP contribution in [0.2, 0.25) is 0 Å². The fourth-order valence-electron chi connectivity index (χ4n) is 1.99. The van der Waals surface area contributed by atoms with E-state index in [4.69, 9.17) is 4.98 Å². The van der Waals surface area contributed by atoms with Gasteiger partial charge in [0.05, 0.1) is 0 Å². The lowest BCUT2D eigenvalue weighted by Crippen LogP contribution is -2.26. The summed E-state index contributed by atoms with van der Waals surface area (Å²) < 4.78 is 0. The summed E-state index contributed by atoms with van der Waals surface area (Å²) >= 11 is 0. The van der Waals surface area contributed by atoms with E-state index < -0.39 is 0 Å². The Labute approximate surface area is 104 Å². The average Bonchev–Trinajstić information content (AvgIpc) is 2.29. The minimum atomic E-state index is 0. The number of halogens is 1. The van der Waals surface area contributed by atoms with Crippen LogP contribution in [0.4, 0.5) is 5.82 Å². The number of rotatable bonds is 3. The molecule has 1 aliphatic heterocycles. The monoisotopic (exact) mass is 241 g/mol. The zero-order chi connectivity index (χ0) is 10.7. The summed E-state index contributed by atoms with van der Waals surface area (Å²) in [5.74, 6) is 1.11. The lowest BCUT2D eigenvalue weighted by atomic mass is 10.1. The number of aromatic nitrogens is 1. The minimum Gasteiger partial charge on any atom is -0.360 e. The van der Waals surface area contributed by atoms with Crippen LogP contribution in [0.1, 0.15) is 24.6 Å². The van der Waals surface area contributed by atoms with Gasteiger partial charge in [0.1, 0.15) is 5.82 Å². The van der Waals surface area contributed by atoms with E-state index in [9.17, 15) is 0 Å². The van der Waals surface area contributed by atoms with Crippen molar-refractivity contribution in [2.24, 2.45) is 0 Å². The highest BCUT2D eigenvalue weighted by Crippen LogP contribution is 2.17. The first-order valence-corrected chi connectivity index (χ1v) is 5.72. The standard InChI is InChI=1S/C12H19N3.ClH/c1-3-8-15(2)12-5-4-10-9-13-7-6-11(10)14-12;/h4-5,13H,3,6-9H2,1-2H3;1H. The van der Waals surface area contributed by atoms with Gasteiger partial charge < -0.3 is 10.2 Å². The van der Waals surface area contributed by atoms with Gasteiger partial charge in [0, 0.05) is 38.8 Å². The first kappa shape index (κ1) is 13.3. The van der Waals surface area contributed by atoms with Gasteiger partial charge in [-0.3, -0.25) is 0 Å². The topological polar surface area (TPSA) is 28.2 Å². The Kier molecular flexibility index (Phi) is 5.03. The fourth-order valence-corrected chi connectivity index (χ4v) is 1.99. The van der Waals surface area contributed by atoms with Gasteiger partial charge in [0.15, 0.2) is 0 Å². The highest BCUT2D eigenvalue weighted by atomic mass is 35.5. The maximum absolute atomic E-state index is 4.72. The van der Waals surface area contributed by atoms with E-state index in [-0.39, 0.29) is 12.4 Å². The third kappa shape index (κ3) is 2.86. The molecule has 3 nitrogen and oxygen atoms in total. The number of fused-ring (bicyclic) bond motifs is 1. The molecule has 1 N–H and O–H groups in total. The van der Waals surface area contributed by atoms with Gasteiger partial charge >= 0.3 is 0 Å². The molecule has 0 spiro atoms. The Morgan fingerprint density at radius 1 is 1.44 bits per heavy atom. The van der Waals surface area contributed by atoms with Crippen LogP contribution in [0.5, 0.6) is 0 Å². The summed E-state index contributed by atoms with van der Waals surface area (Å²) in [5.41, 5.74) is 2.63. The van der Waals surface area contributed by atoms with Crippen LogP contribution in [0.15, 0.2) is 12.1 Å². The summed E-state index contributed by atoms with van der Waals surface area (Å²) in [7, 11) is 2.11. The van der Waals surface area contributed by atoms with Crippen molar-refractivity contribution in [3.05, 3.63) is 23.4 Å². The van der Waals surface area contributed by atoms with Crippen LogP contribution < -0.4 is 10.2 Å². The molecule has 0 radical (unpaired) electrons. The van der Waals surface area contributed by atoms with Crippen molar-refractivity contribution in [1.82, 2.24) is 10.3 Å². The number of hydrogen-bond donors (Lipinski definition) is 1. The third-order valence-corrected chi connectivity index (χ3v) is 2.86. The van der Waals surface area contributed by atoms with Crippen LogP contribution in [-0.2, 0) is 13.0 Å². The van der Waals surface area contributed by atoms with Crippen molar-refractivity contribution in [3.8, 4) is 0 Å². The first-order valence-electron chi connectivity index (χ1n) is 5.72. The quantitative estimate of drug-likeness (QED) is 0.878. The van der Waals surface area contributed by atoms with E-state index in [0.29, 0.717) is 0 Å². The van der Waals surface area contributed by atoms with Crippen molar-refractivity contribution in [2.45, 2.75) is 26.3 Å². The molecule has 0 atom stereocenters. The predicted molar refractivity (Wildman–Crippen MR) is 70.5 cm³/mol. The summed E-state index contributed by atoms with van der Waals surface area (Å²) in [6.07, 6.45) is 2.22. The average molecular weight is 242 g/mol. The molecule has 0 unspecified atom stereocenters. The summed E-state index contributed by atoms with van der Waals surface area (Å²) in [5, 5.41) is 3.36. The molecule has 4 heteroatoms. The maximum Gasteiger partial charge on any atom is 0.128 e. The summed E-state index contributed by atoms with van der Waals surface area (Å²) in [6, 6.07) is 4.33. The van der Waals surface area contributed by atoms with Crippen molar-refractivity contribution in [1.29, 1.82) is 0 Å². The molecule has 1 aromatic rings. The van der Waals surface area contributed by atoms with E-state index in [2.05, 4.69) is 36.3 Å². The van der Waals surface area contributed by atoms with Gasteiger partial charge in [0.2, 0.25) is 0 Å². The van der Waals surface area contributed by atoms with Crippen molar-refractivity contribution >= 4 is 18.2 Å². The molecule has 1 aromatic heterocycles. The molecule has 0 aromatic carbocycles. The normalized spacial score (nSPS) is 13.9. The number of nitrogens with zero attached hydrogens (tertiary/aromatic N) is 2. The molecule has 0 aliphatic carbocycles.